The van der Waals surface area contributed by atoms with Crippen molar-refractivity contribution in [2.75, 3.05) is 0 Å². The molecule has 0 rings (SSSR count). The second kappa shape index (κ2) is 6.59. The minimum atomic E-state index is -2.96. The monoisotopic (exact) mass is 258 g/mol. The number of thiol groups is 1. The Morgan fingerprint density at radius 1 is 1.29 bits per heavy atom. The van der Waals surface area contributed by atoms with Gasteiger partial charge in [-0.2, -0.15) is 0 Å². The fourth-order valence-corrected chi connectivity index (χ4v) is 10.6. The largest absolute Gasteiger partial charge is 0.341 e. The molecular formula is C9H23O2PS2. The highest BCUT2D eigenvalue weighted by Crippen LogP contribution is 2.49. The van der Waals surface area contributed by atoms with E-state index in [2.05, 4.69) is 26.1 Å². The predicted octanol–water partition coefficient (Wildman–Crippen LogP) is 3.18. The van der Waals surface area contributed by atoms with Crippen LogP contribution in [0.2, 0.25) is 0 Å². The molecule has 0 aromatic carbocycles. The van der Waals surface area contributed by atoms with Crippen molar-refractivity contribution in [2.24, 2.45) is 0 Å². The molecule has 0 radical (unpaired) electrons. The molecule has 0 spiro atoms. The van der Waals surface area contributed by atoms with Crippen LogP contribution in [0.15, 0.2) is 0 Å². The van der Waals surface area contributed by atoms with E-state index in [9.17, 15) is 9.79 Å². The van der Waals surface area contributed by atoms with Crippen LogP contribution >= 0.6 is 17.9 Å². The van der Waals surface area contributed by atoms with Crippen molar-refractivity contribution in [1.29, 1.82) is 0 Å². The van der Waals surface area contributed by atoms with Gasteiger partial charge in [-0.15, -0.1) is 10.1 Å². The normalized spacial score (nSPS) is 17.1. The summed E-state index contributed by atoms with van der Waals surface area (Å²) >= 11 is 3.99. The van der Waals surface area contributed by atoms with Crippen LogP contribution in [-0.4, -0.2) is 20.3 Å². The molecule has 14 heavy (non-hydrogen) atoms. The van der Waals surface area contributed by atoms with Gasteiger partial charge in [0.05, 0.1) is 0 Å². The molecule has 0 aromatic heterocycles. The van der Waals surface area contributed by atoms with Gasteiger partial charge in [-0.1, -0.05) is 52.8 Å². The van der Waals surface area contributed by atoms with E-state index in [0.717, 1.165) is 19.3 Å². The molecule has 0 aliphatic carbocycles. The second-order valence-corrected chi connectivity index (χ2v) is 12.6. The van der Waals surface area contributed by atoms with Crippen LogP contribution in [0.5, 0.6) is 0 Å². The summed E-state index contributed by atoms with van der Waals surface area (Å²) in [7, 11) is -0.353. The molecule has 0 saturated carbocycles. The quantitative estimate of drug-likeness (QED) is 0.523. The summed E-state index contributed by atoms with van der Waals surface area (Å²) in [6, 6.07) is 0. The van der Waals surface area contributed by atoms with Gasteiger partial charge in [-0.05, 0) is 11.7 Å². The predicted molar refractivity (Wildman–Crippen MR) is 71.8 cm³/mol. The fourth-order valence-electron chi connectivity index (χ4n) is 1.60. The first-order valence-corrected chi connectivity index (χ1v) is 9.90. The van der Waals surface area contributed by atoms with Crippen LogP contribution in [0, 0.1) is 0 Å². The van der Waals surface area contributed by atoms with Gasteiger partial charge in [0.1, 0.15) is 0 Å². The lowest BCUT2D eigenvalue weighted by Crippen LogP contribution is -2.19. The third-order valence-electron chi connectivity index (χ3n) is 2.14. The van der Waals surface area contributed by atoms with Crippen molar-refractivity contribution in [3.8, 4) is 0 Å². The Labute approximate surface area is 95.4 Å². The summed E-state index contributed by atoms with van der Waals surface area (Å²) in [5.41, 5.74) is -2.96. The van der Waals surface area contributed by atoms with Crippen LogP contribution < -0.4 is 0 Å². The second-order valence-electron chi connectivity index (χ2n) is 3.86. The highest BCUT2D eigenvalue weighted by atomic mass is 32.9. The van der Waals surface area contributed by atoms with Crippen LogP contribution in [0.3, 0.4) is 0 Å². The summed E-state index contributed by atoms with van der Waals surface area (Å²) in [6.45, 7) is 8.35. The zero-order valence-electron chi connectivity index (χ0n) is 9.47. The lowest BCUT2D eigenvalue weighted by molar-refractivity contribution is 0.501. The molecule has 0 aromatic rings. The third-order valence-corrected chi connectivity index (χ3v) is 10.5. The third kappa shape index (κ3) is 5.22. The number of rotatable bonds is 5. The highest BCUT2D eigenvalue weighted by molar-refractivity contribution is 8.66. The molecular weight excluding hydrogens is 235 g/mol. The average molecular weight is 258 g/mol. The van der Waals surface area contributed by atoms with Gasteiger partial charge < -0.3 is 9.79 Å². The van der Waals surface area contributed by atoms with E-state index < -0.39 is 5.69 Å². The van der Waals surface area contributed by atoms with Crippen molar-refractivity contribution in [1.82, 2.24) is 0 Å². The van der Waals surface area contributed by atoms with Gasteiger partial charge in [0.2, 0.25) is 0 Å². The van der Waals surface area contributed by atoms with Gasteiger partial charge in [0.15, 0.2) is 5.69 Å². The Balaban J connectivity index is 4.70. The molecule has 0 amide bonds. The van der Waals surface area contributed by atoms with Crippen molar-refractivity contribution < 1.29 is 9.79 Å². The molecule has 0 saturated heterocycles. The maximum Gasteiger partial charge on any atom is 0.199 e. The summed E-state index contributed by atoms with van der Waals surface area (Å²) in [5.74, 6) is 0. The van der Waals surface area contributed by atoms with Gasteiger partial charge in [-0.3, -0.25) is 0 Å². The fraction of sp³-hybridized carbons (Fsp3) is 1.00. The van der Waals surface area contributed by atoms with Crippen LogP contribution in [-0.2, 0) is 10.1 Å². The molecule has 2 N–H and O–H groups in total. The molecule has 5 heteroatoms. The van der Waals surface area contributed by atoms with E-state index in [4.69, 9.17) is 0 Å². The first-order valence-electron chi connectivity index (χ1n) is 5.10. The van der Waals surface area contributed by atoms with Crippen molar-refractivity contribution in [3.63, 3.8) is 0 Å². The molecule has 0 fully saturated rings. The van der Waals surface area contributed by atoms with Crippen LogP contribution in [0.25, 0.3) is 0 Å². The van der Waals surface area contributed by atoms with E-state index in [1.807, 2.05) is 13.8 Å². The first-order chi connectivity index (χ1) is 6.30. The molecule has 2 unspecified atom stereocenters. The topological polar surface area (TPSA) is 40.5 Å². The van der Waals surface area contributed by atoms with Crippen LogP contribution in [0.1, 0.15) is 47.0 Å². The molecule has 0 heterocycles. The molecule has 2 nitrogen and oxygen atoms in total. The number of hydrogen-bond donors (Lipinski definition) is 3. The Kier molecular flexibility index (Phi) is 7.09. The number of hydrogen-bond acceptors (Lipinski definition) is 0. The van der Waals surface area contributed by atoms with Crippen molar-refractivity contribution >= 4 is 28.0 Å². The van der Waals surface area contributed by atoms with E-state index in [1.165, 1.54) is 0 Å². The maximum absolute atomic E-state index is 9.66. The lowest BCUT2D eigenvalue weighted by atomic mass is 10.2. The molecule has 0 aliphatic heterocycles. The Hall–Kier alpha value is 1.05. The molecule has 0 bridgehead atoms. The van der Waals surface area contributed by atoms with Gasteiger partial charge >= 0.3 is 0 Å². The van der Waals surface area contributed by atoms with Gasteiger partial charge in [0, 0.05) is 5.25 Å². The zero-order valence-corrected chi connectivity index (χ0v) is 12.1. The van der Waals surface area contributed by atoms with Crippen LogP contribution in [0.4, 0.5) is 0 Å². The highest BCUT2D eigenvalue weighted by Gasteiger charge is 2.20. The SMILES string of the molecule is CCCCC(C)S(C(C)C)=P(O)(O)S. The summed E-state index contributed by atoms with van der Waals surface area (Å²) in [6.07, 6.45) is 3.39. The van der Waals surface area contributed by atoms with Gasteiger partial charge in [-0.25, -0.2) is 0 Å². The van der Waals surface area contributed by atoms with E-state index >= 15 is 0 Å². The van der Waals surface area contributed by atoms with E-state index in [1.54, 1.807) is 0 Å². The smallest absolute Gasteiger partial charge is 0.199 e. The average Bonchev–Trinajstić information content (AvgIpc) is 1.97. The lowest BCUT2D eigenvalue weighted by Gasteiger charge is -2.25. The Bertz CT molecular complexity index is 215. The summed E-state index contributed by atoms with van der Waals surface area (Å²) < 4.78 is 0. The Morgan fingerprint density at radius 2 is 1.79 bits per heavy atom. The van der Waals surface area contributed by atoms with Crippen molar-refractivity contribution in [2.45, 2.75) is 57.5 Å². The Morgan fingerprint density at radius 3 is 2.07 bits per heavy atom. The van der Waals surface area contributed by atoms with Crippen molar-refractivity contribution in [3.05, 3.63) is 0 Å². The minimum absolute atomic E-state index is 0.308. The minimum Gasteiger partial charge on any atom is -0.341 e. The standard InChI is InChI=1S/C9H23O2PS2/c1-5-6-7-9(4)14(8(2)3)12(10,11)13/h8-11,13H,5-7H2,1-4H3. The summed E-state index contributed by atoms with van der Waals surface area (Å²) in [5, 5.41) is 0.679. The van der Waals surface area contributed by atoms with Gasteiger partial charge in [0.25, 0.3) is 0 Å². The molecule has 88 valence electrons. The molecule has 0 aliphatic rings. The van der Waals surface area contributed by atoms with E-state index in [-0.39, 0.29) is 10.1 Å². The summed E-state index contributed by atoms with van der Waals surface area (Å²) in [4.78, 5) is 19.3. The first kappa shape index (κ1) is 15.0. The van der Waals surface area contributed by atoms with E-state index in [0.29, 0.717) is 10.5 Å². The number of unbranched alkanes of at least 4 members (excludes halogenated alkanes) is 1. The molecule has 2 atom stereocenters. The zero-order chi connectivity index (χ0) is 11.4. The maximum atomic E-state index is 9.66.